The Kier molecular flexibility index (Phi) is 4.62. The van der Waals surface area contributed by atoms with Crippen molar-refractivity contribution >= 4 is 11.6 Å². The number of hydrogen-bond acceptors (Lipinski definition) is 1. The Bertz CT molecular complexity index is 568. The summed E-state index contributed by atoms with van der Waals surface area (Å²) in [6.45, 7) is 0. The Morgan fingerprint density at radius 3 is 1.90 bits per heavy atom. The van der Waals surface area contributed by atoms with Gasteiger partial charge in [0.15, 0.2) is 0 Å². The van der Waals surface area contributed by atoms with E-state index >= 15 is 0 Å². The summed E-state index contributed by atoms with van der Waals surface area (Å²) in [5.74, 6) is 0.750. The molecule has 0 heterocycles. The van der Waals surface area contributed by atoms with Gasteiger partial charge in [0, 0.05) is 5.02 Å². The highest BCUT2D eigenvalue weighted by molar-refractivity contribution is 6.30. The molecule has 1 saturated carbocycles. The van der Waals surface area contributed by atoms with Gasteiger partial charge in [0.05, 0.1) is 6.04 Å². The molecule has 2 N–H and O–H groups in total. The van der Waals surface area contributed by atoms with Crippen molar-refractivity contribution in [3.05, 3.63) is 70.2 Å². The van der Waals surface area contributed by atoms with Gasteiger partial charge in [0.25, 0.3) is 0 Å². The van der Waals surface area contributed by atoms with E-state index in [2.05, 4.69) is 24.3 Å². The van der Waals surface area contributed by atoms with Crippen LogP contribution in [0.15, 0.2) is 48.5 Å². The third-order valence-corrected chi connectivity index (χ3v) is 4.85. The molecule has 0 amide bonds. The molecule has 1 nitrogen and oxygen atoms in total. The van der Waals surface area contributed by atoms with Crippen molar-refractivity contribution in [1.29, 1.82) is 0 Å². The molecule has 1 aliphatic rings. The van der Waals surface area contributed by atoms with Crippen LogP contribution in [0.5, 0.6) is 0 Å². The second kappa shape index (κ2) is 6.64. The monoisotopic (exact) mass is 299 g/mol. The summed E-state index contributed by atoms with van der Waals surface area (Å²) in [4.78, 5) is 0. The van der Waals surface area contributed by atoms with Gasteiger partial charge >= 0.3 is 0 Å². The predicted molar refractivity (Wildman–Crippen MR) is 89.8 cm³/mol. The Morgan fingerprint density at radius 1 is 0.810 bits per heavy atom. The fourth-order valence-electron chi connectivity index (χ4n) is 3.27. The van der Waals surface area contributed by atoms with Gasteiger partial charge in [-0.15, -0.1) is 0 Å². The molecule has 0 saturated heterocycles. The molecule has 21 heavy (non-hydrogen) atoms. The lowest BCUT2D eigenvalue weighted by Crippen LogP contribution is -2.12. The molecular formula is C19H22ClN. The minimum atomic E-state index is -0.0809. The standard InChI is InChI=1S/C19H22ClN/c20-18-12-10-17(11-13-18)19(21)16-8-6-15(7-9-16)14-4-2-1-3-5-14/h6-14,19H,1-5,21H2. The fraction of sp³-hybridized carbons (Fsp3) is 0.368. The van der Waals surface area contributed by atoms with E-state index in [0.29, 0.717) is 0 Å². The fourth-order valence-corrected chi connectivity index (χ4v) is 3.40. The summed E-state index contributed by atoms with van der Waals surface area (Å²) in [6, 6.07) is 16.6. The van der Waals surface area contributed by atoms with Crippen molar-refractivity contribution in [3.63, 3.8) is 0 Å². The number of hydrogen-bond donors (Lipinski definition) is 1. The topological polar surface area (TPSA) is 26.0 Å². The summed E-state index contributed by atoms with van der Waals surface area (Å²) in [6.07, 6.45) is 6.81. The van der Waals surface area contributed by atoms with Crippen molar-refractivity contribution in [2.24, 2.45) is 5.73 Å². The van der Waals surface area contributed by atoms with E-state index in [1.165, 1.54) is 37.7 Å². The highest BCUT2D eigenvalue weighted by Crippen LogP contribution is 2.33. The van der Waals surface area contributed by atoms with Crippen molar-refractivity contribution in [1.82, 2.24) is 0 Å². The first-order valence-corrected chi connectivity index (χ1v) is 8.23. The smallest absolute Gasteiger partial charge is 0.0551 e. The average Bonchev–Trinajstić information content (AvgIpc) is 2.56. The van der Waals surface area contributed by atoms with E-state index in [-0.39, 0.29) is 6.04 Å². The van der Waals surface area contributed by atoms with E-state index in [4.69, 9.17) is 17.3 Å². The molecule has 2 aromatic rings. The predicted octanol–water partition coefficient (Wildman–Crippen LogP) is 5.44. The Hall–Kier alpha value is -1.31. The molecule has 3 rings (SSSR count). The normalized spacial score (nSPS) is 17.6. The van der Waals surface area contributed by atoms with Crippen LogP contribution < -0.4 is 5.73 Å². The summed E-state index contributed by atoms with van der Waals surface area (Å²) in [7, 11) is 0. The molecule has 1 aliphatic carbocycles. The van der Waals surface area contributed by atoms with E-state index in [1.54, 1.807) is 0 Å². The Morgan fingerprint density at radius 2 is 1.33 bits per heavy atom. The maximum absolute atomic E-state index is 6.35. The van der Waals surface area contributed by atoms with Crippen LogP contribution in [-0.4, -0.2) is 0 Å². The largest absolute Gasteiger partial charge is 0.320 e. The SMILES string of the molecule is NC(c1ccc(Cl)cc1)c1ccc(C2CCCCC2)cc1. The first kappa shape index (κ1) is 14.6. The van der Waals surface area contributed by atoms with Crippen molar-refractivity contribution in [2.75, 3.05) is 0 Å². The maximum Gasteiger partial charge on any atom is 0.0551 e. The van der Waals surface area contributed by atoms with Gasteiger partial charge in [-0.25, -0.2) is 0 Å². The maximum atomic E-state index is 6.35. The van der Waals surface area contributed by atoms with Crippen LogP contribution >= 0.6 is 11.6 Å². The molecule has 1 unspecified atom stereocenters. The van der Waals surface area contributed by atoms with Crippen molar-refractivity contribution in [2.45, 2.75) is 44.1 Å². The molecule has 110 valence electrons. The van der Waals surface area contributed by atoms with Crippen LogP contribution in [0.3, 0.4) is 0 Å². The quantitative estimate of drug-likeness (QED) is 0.803. The van der Waals surface area contributed by atoms with Crippen LogP contribution in [0, 0.1) is 0 Å². The van der Waals surface area contributed by atoms with Gasteiger partial charge in [-0.2, -0.15) is 0 Å². The Balaban J connectivity index is 1.75. The first-order valence-electron chi connectivity index (χ1n) is 7.85. The number of benzene rings is 2. The van der Waals surface area contributed by atoms with Gasteiger partial charge in [-0.1, -0.05) is 67.3 Å². The molecule has 0 radical (unpaired) electrons. The second-order valence-electron chi connectivity index (χ2n) is 6.03. The minimum absolute atomic E-state index is 0.0809. The van der Waals surface area contributed by atoms with Gasteiger partial charge in [-0.3, -0.25) is 0 Å². The van der Waals surface area contributed by atoms with Crippen molar-refractivity contribution < 1.29 is 0 Å². The zero-order chi connectivity index (χ0) is 14.7. The lowest BCUT2D eigenvalue weighted by molar-refractivity contribution is 0.443. The molecule has 1 atom stereocenters. The third-order valence-electron chi connectivity index (χ3n) is 4.60. The molecule has 1 fully saturated rings. The summed E-state index contributed by atoms with van der Waals surface area (Å²) in [5.41, 5.74) is 10.1. The minimum Gasteiger partial charge on any atom is -0.320 e. The van der Waals surface area contributed by atoms with Gasteiger partial charge in [0.1, 0.15) is 0 Å². The van der Waals surface area contributed by atoms with E-state index in [9.17, 15) is 0 Å². The molecule has 0 aromatic heterocycles. The Labute approximate surface area is 132 Å². The van der Waals surface area contributed by atoms with Gasteiger partial charge in [0.2, 0.25) is 0 Å². The molecule has 0 aliphatic heterocycles. The highest BCUT2D eigenvalue weighted by Gasteiger charge is 2.16. The number of rotatable bonds is 3. The summed E-state index contributed by atoms with van der Waals surface area (Å²) < 4.78 is 0. The first-order chi connectivity index (χ1) is 10.2. The van der Waals surface area contributed by atoms with Crippen molar-refractivity contribution in [3.8, 4) is 0 Å². The van der Waals surface area contributed by atoms with E-state index in [0.717, 1.165) is 22.1 Å². The van der Waals surface area contributed by atoms with Crippen LogP contribution in [0.25, 0.3) is 0 Å². The highest BCUT2D eigenvalue weighted by atomic mass is 35.5. The third kappa shape index (κ3) is 3.48. The zero-order valence-electron chi connectivity index (χ0n) is 12.3. The molecule has 0 spiro atoms. The second-order valence-corrected chi connectivity index (χ2v) is 6.47. The zero-order valence-corrected chi connectivity index (χ0v) is 13.0. The van der Waals surface area contributed by atoms with Crippen LogP contribution in [0.1, 0.15) is 60.8 Å². The number of nitrogens with two attached hydrogens (primary N) is 1. The average molecular weight is 300 g/mol. The lowest BCUT2D eigenvalue weighted by Gasteiger charge is -2.22. The van der Waals surface area contributed by atoms with Gasteiger partial charge in [-0.05, 0) is 47.6 Å². The summed E-state index contributed by atoms with van der Waals surface area (Å²) in [5, 5.41) is 0.749. The summed E-state index contributed by atoms with van der Waals surface area (Å²) >= 11 is 5.93. The molecular weight excluding hydrogens is 278 g/mol. The van der Waals surface area contributed by atoms with Crippen LogP contribution in [0.2, 0.25) is 5.02 Å². The van der Waals surface area contributed by atoms with E-state index < -0.39 is 0 Å². The van der Waals surface area contributed by atoms with Gasteiger partial charge < -0.3 is 5.73 Å². The number of halogens is 1. The van der Waals surface area contributed by atoms with Crippen LogP contribution in [0.4, 0.5) is 0 Å². The molecule has 0 bridgehead atoms. The van der Waals surface area contributed by atoms with Crippen LogP contribution in [-0.2, 0) is 0 Å². The molecule has 2 heteroatoms. The lowest BCUT2D eigenvalue weighted by atomic mass is 9.83. The molecule has 2 aromatic carbocycles. The van der Waals surface area contributed by atoms with E-state index in [1.807, 2.05) is 24.3 Å².